The number of amides is 2. The van der Waals surface area contributed by atoms with Crippen molar-refractivity contribution in [1.82, 2.24) is 15.1 Å². The molecule has 2 aliphatic rings. The van der Waals surface area contributed by atoms with Crippen molar-refractivity contribution in [2.45, 2.75) is 37.4 Å². The topological polar surface area (TPSA) is 71.1 Å². The maximum Gasteiger partial charge on any atom is 0.246 e. The molecular weight excluding hydrogens is 406 g/mol. The summed E-state index contributed by atoms with van der Waals surface area (Å²) >= 11 is 0. The fourth-order valence-electron chi connectivity index (χ4n) is 4.89. The number of β-lactam (4-membered cyclic amide) rings is 1. The SMILES string of the molecule is COc1cccc(CNC(=O)C2(N3C(=O)CC3c3ccccc3)CCN(C)CC2)c1OC. The van der Waals surface area contributed by atoms with Gasteiger partial charge >= 0.3 is 0 Å². The van der Waals surface area contributed by atoms with Crippen LogP contribution in [0.1, 0.15) is 36.4 Å². The van der Waals surface area contributed by atoms with E-state index in [2.05, 4.69) is 17.3 Å². The molecule has 2 saturated heterocycles. The van der Waals surface area contributed by atoms with E-state index in [0.717, 1.165) is 24.2 Å². The third-order valence-corrected chi connectivity index (χ3v) is 6.75. The van der Waals surface area contributed by atoms with Gasteiger partial charge in [-0.05, 0) is 31.5 Å². The lowest BCUT2D eigenvalue weighted by atomic mass is 9.78. The number of piperidine rings is 1. The first-order valence-electron chi connectivity index (χ1n) is 11.0. The highest BCUT2D eigenvalue weighted by molar-refractivity contribution is 5.95. The van der Waals surface area contributed by atoms with Crippen LogP contribution >= 0.6 is 0 Å². The average Bonchev–Trinajstić information content (AvgIpc) is 2.82. The number of nitrogens with zero attached hydrogens (tertiary/aromatic N) is 2. The number of para-hydroxylation sites is 1. The Hall–Kier alpha value is -3.06. The second-order valence-electron chi connectivity index (χ2n) is 8.56. The monoisotopic (exact) mass is 437 g/mol. The van der Waals surface area contributed by atoms with Gasteiger partial charge in [-0.3, -0.25) is 9.59 Å². The molecule has 1 unspecified atom stereocenters. The minimum absolute atomic E-state index is 0.0394. The second kappa shape index (κ2) is 9.20. The second-order valence-corrected chi connectivity index (χ2v) is 8.56. The molecule has 4 rings (SSSR count). The van der Waals surface area contributed by atoms with Crippen molar-refractivity contribution in [3.05, 3.63) is 59.7 Å². The Morgan fingerprint density at radius 2 is 1.78 bits per heavy atom. The van der Waals surface area contributed by atoms with Crippen LogP contribution in [0, 0.1) is 0 Å². The fraction of sp³-hybridized carbons (Fsp3) is 0.440. The Morgan fingerprint density at radius 3 is 2.41 bits per heavy atom. The summed E-state index contributed by atoms with van der Waals surface area (Å²) in [6.07, 6.45) is 1.66. The first kappa shape index (κ1) is 22.1. The predicted molar refractivity (Wildman–Crippen MR) is 122 cm³/mol. The lowest BCUT2D eigenvalue weighted by Gasteiger charge is -2.55. The van der Waals surface area contributed by atoms with Gasteiger partial charge in [0.25, 0.3) is 0 Å². The molecule has 2 aromatic rings. The van der Waals surface area contributed by atoms with Gasteiger partial charge in [0.1, 0.15) is 5.54 Å². The Bertz CT molecular complexity index is 970. The number of hydrogen-bond donors (Lipinski definition) is 1. The number of carbonyl (C=O) groups is 2. The molecule has 2 heterocycles. The normalized spacial score (nSPS) is 20.4. The zero-order chi connectivity index (χ0) is 22.7. The van der Waals surface area contributed by atoms with Crippen LogP contribution in [-0.4, -0.2) is 61.5 Å². The molecule has 0 saturated carbocycles. The fourth-order valence-corrected chi connectivity index (χ4v) is 4.89. The maximum absolute atomic E-state index is 13.7. The molecule has 0 radical (unpaired) electrons. The maximum atomic E-state index is 13.7. The number of hydrogen-bond acceptors (Lipinski definition) is 5. The summed E-state index contributed by atoms with van der Waals surface area (Å²) in [7, 11) is 5.23. The smallest absolute Gasteiger partial charge is 0.246 e. The van der Waals surface area contributed by atoms with E-state index in [1.807, 2.05) is 53.4 Å². The molecule has 0 aromatic heterocycles. The summed E-state index contributed by atoms with van der Waals surface area (Å²) in [5.41, 5.74) is 1.06. The number of nitrogens with one attached hydrogen (secondary N) is 1. The lowest BCUT2D eigenvalue weighted by Crippen LogP contribution is -2.68. The molecule has 0 spiro atoms. The van der Waals surface area contributed by atoms with Gasteiger partial charge in [0.15, 0.2) is 11.5 Å². The van der Waals surface area contributed by atoms with Crippen molar-refractivity contribution in [1.29, 1.82) is 0 Å². The summed E-state index contributed by atoms with van der Waals surface area (Å²) in [4.78, 5) is 30.6. The van der Waals surface area contributed by atoms with E-state index in [1.165, 1.54) is 0 Å². The molecule has 32 heavy (non-hydrogen) atoms. The molecule has 2 fully saturated rings. The predicted octanol–water partition coefficient (Wildman–Crippen LogP) is 2.76. The molecular formula is C25H31N3O4. The first-order valence-corrected chi connectivity index (χ1v) is 11.0. The van der Waals surface area contributed by atoms with Gasteiger partial charge in [0.05, 0.1) is 26.7 Å². The Kier molecular flexibility index (Phi) is 6.37. The third-order valence-electron chi connectivity index (χ3n) is 6.75. The summed E-state index contributed by atoms with van der Waals surface area (Å²) in [5, 5.41) is 3.11. The van der Waals surface area contributed by atoms with Crippen LogP contribution in [0.5, 0.6) is 11.5 Å². The molecule has 1 atom stereocenters. The minimum atomic E-state index is -0.853. The Morgan fingerprint density at radius 1 is 1.06 bits per heavy atom. The van der Waals surface area contributed by atoms with Crippen LogP contribution in [0.2, 0.25) is 0 Å². The number of benzene rings is 2. The molecule has 170 valence electrons. The zero-order valence-corrected chi connectivity index (χ0v) is 19.0. The van der Waals surface area contributed by atoms with E-state index in [4.69, 9.17) is 9.47 Å². The third kappa shape index (κ3) is 3.93. The number of likely N-dealkylation sites (tertiary alicyclic amines) is 2. The van der Waals surface area contributed by atoms with Crippen LogP contribution in [0.25, 0.3) is 0 Å². The first-order chi connectivity index (χ1) is 15.5. The van der Waals surface area contributed by atoms with Gasteiger partial charge in [0, 0.05) is 25.2 Å². The summed E-state index contributed by atoms with van der Waals surface area (Å²) in [6, 6.07) is 15.5. The van der Waals surface area contributed by atoms with E-state index in [-0.39, 0.29) is 17.9 Å². The molecule has 0 aliphatic carbocycles. The van der Waals surface area contributed by atoms with E-state index in [0.29, 0.717) is 37.3 Å². The van der Waals surface area contributed by atoms with E-state index in [9.17, 15) is 9.59 Å². The average molecular weight is 438 g/mol. The van der Waals surface area contributed by atoms with Gasteiger partial charge in [-0.2, -0.15) is 0 Å². The minimum Gasteiger partial charge on any atom is -0.493 e. The van der Waals surface area contributed by atoms with Crippen molar-refractivity contribution >= 4 is 11.8 Å². The quantitative estimate of drug-likeness (QED) is 0.675. The van der Waals surface area contributed by atoms with Gasteiger partial charge in [-0.15, -0.1) is 0 Å². The van der Waals surface area contributed by atoms with Gasteiger partial charge in [-0.25, -0.2) is 0 Å². The highest BCUT2D eigenvalue weighted by Crippen LogP contribution is 2.44. The van der Waals surface area contributed by atoms with Crippen LogP contribution in [0.3, 0.4) is 0 Å². The Balaban J connectivity index is 1.59. The van der Waals surface area contributed by atoms with E-state index >= 15 is 0 Å². The lowest BCUT2D eigenvalue weighted by molar-refractivity contribution is -0.169. The summed E-state index contributed by atoms with van der Waals surface area (Å²) < 4.78 is 10.9. The standard InChI is InChI=1S/C25H31N3O4/c1-27-14-12-25(13-15-27,28-20(16-22(28)29)18-8-5-4-6-9-18)24(30)26-17-19-10-7-11-21(31-2)23(19)32-3/h4-11,20H,12-17H2,1-3H3,(H,26,30). The molecule has 1 N–H and O–H groups in total. The summed E-state index contributed by atoms with van der Waals surface area (Å²) in [5.74, 6) is 1.16. The van der Waals surface area contributed by atoms with Crippen LogP contribution < -0.4 is 14.8 Å². The number of methoxy groups -OCH3 is 2. The number of ether oxygens (including phenoxy) is 2. The van der Waals surface area contributed by atoms with Crippen molar-refractivity contribution in [2.75, 3.05) is 34.4 Å². The molecule has 7 nitrogen and oxygen atoms in total. The van der Waals surface area contributed by atoms with Gasteiger partial charge in [-0.1, -0.05) is 42.5 Å². The number of rotatable bonds is 7. The molecule has 2 aromatic carbocycles. The molecule has 0 bridgehead atoms. The zero-order valence-electron chi connectivity index (χ0n) is 19.0. The van der Waals surface area contributed by atoms with Crippen LogP contribution in [-0.2, 0) is 16.1 Å². The molecule has 2 amide bonds. The van der Waals surface area contributed by atoms with Crippen molar-refractivity contribution < 1.29 is 19.1 Å². The van der Waals surface area contributed by atoms with Crippen molar-refractivity contribution in [3.63, 3.8) is 0 Å². The highest BCUT2D eigenvalue weighted by atomic mass is 16.5. The van der Waals surface area contributed by atoms with Crippen LogP contribution in [0.15, 0.2) is 48.5 Å². The van der Waals surface area contributed by atoms with E-state index < -0.39 is 5.54 Å². The van der Waals surface area contributed by atoms with Gasteiger partial charge < -0.3 is 24.6 Å². The molecule has 2 aliphatic heterocycles. The summed E-state index contributed by atoms with van der Waals surface area (Å²) in [6.45, 7) is 1.83. The van der Waals surface area contributed by atoms with Crippen molar-refractivity contribution in [2.24, 2.45) is 0 Å². The van der Waals surface area contributed by atoms with Crippen LogP contribution in [0.4, 0.5) is 0 Å². The van der Waals surface area contributed by atoms with Gasteiger partial charge in [0.2, 0.25) is 11.8 Å². The van der Waals surface area contributed by atoms with E-state index in [1.54, 1.807) is 14.2 Å². The number of carbonyl (C=O) groups excluding carboxylic acids is 2. The Labute approximate surface area is 189 Å². The largest absolute Gasteiger partial charge is 0.493 e. The van der Waals surface area contributed by atoms with Crippen molar-refractivity contribution in [3.8, 4) is 11.5 Å². The molecule has 7 heteroatoms. The highest BCUT2D eigenvalue weighted by Gasteiger charge is 2.55.